The number of hydrogen-bond acceptors (Lipinski definition) is 3. The fourth-order valence-electron chi connectivity index (χ4n) is 2.17. The summed E-state index contributed by atoms with van der Waals surface area (Å²) >= 11 is 0. The molecule has 0 saturated carbocycles. The average Bonchev–Trinajstić information content (AvgIpc) is 2.50. The lowest BCUT2D eigenvalue weighted by atomic mass is 10.2. The number of likely N-dealkylation sites (N-methyl/N-ethyl adjacent to an activating group) is 1. The van der Waals surface area contributed by atoms with E-state index in [2.05, 4.69) is 5.32 Å². The van der Waals surface area contributed by atoms with Gasteiger partial charge < -0.3 is 10.1 Å². The SMILES string of the molecule is COc1cccc(CN(C)CC(=O)Nc2cc(F)ccc2F)c1. The summed E-state index contributed by atoms with van der Waals surface area (Å²) in [5.74, 6) is -0.955. The van der Waals surface area contributed by atoms with Crippen molar-refractivity contribution in [3.8, 4) is 5.75 Å². The number of nitrogens with zero attached hydrogens (tertiary/aromatic N) is 1. The Morgan fingerprint density at radius 3 is 2.74 bits per heavy atom. The minimum Gasteiger partial charge on any atom is -0.497 e. The lowest BCUT2D eigenvalue weighted by molar-refractivity contribution is -0.117. The van der Waals surface area contributed by atoms with Gasteiger partial charge in [0.05, 0.1) is 19.3 Å². The van der Waals surface area contributed by atoms with Gasteiger partial charge in [0.15, 0.2) is 0 Å². The second-order valence-corrected chi connectivity index (χ2v) is 5.20. The van der Waals surface area contributed by atoms with Gasteiger partial charge in [-0.15, -0.1) is 0 Å². The second kappa shape index (κ2) is 7.69. The number of rotatable bonds is 6. The normalized spacial score (nSPS) is 10.7. The Labute approximate surface area is 133 Å². The van der Waals surface area contributed by atoms with Gasteiger partial charge in [-0.05, 0) is 36.9 Å². The van der Waals surface area contributed by atoms with Gasteiger partial charge in [-0.1, -0.05) is 12.1 Å². The maximum atomic E-state index is 13.5. The summed E-state index contributed by atoms with van der Waals surface area (Å²) in [6.07, 6.45) is 0. The molecule has 0 aliphatic rings. The zero-order valence-corrected chi connectivity index (χ0v) is 13.0. The van der Waals surface area contributed by atoms with Crippen LogP contribution >= 0.6 is 0 Å². The maximum absolute atomic E-state index is 13.5. The Morgan fingerprint density at radius 2 is 2.00 bits per heavy atom. The standard InChI is InChI=1S/C17H18F2N2O2/c1-21(10-12-4-3-5-14(8-12)23-2)11-17(22)20-16-9-13(18)6-7-15(16)19/h3-9H,10-11H2,1-2H3,(H,20,22). The third kappa shape index (κ3) is 5.03. The molecule has 4 nitrogen and oxygen atoms in total. The van der Waals surface area contributed by atoms with Gasteiger partial charge >= 0.3 is 0 Å². The minimum atomic E-state index is -0.671. The van der Waals surface area contributed by atoms with Gasteiger partial charge in [0.2, 0.25) is 5.91 Å². The fourth-order valence-corrected chi connectivity index (χ4v) is 2.17. The smallest absolute Gasteiger partial charge is 0.238 e. The van der Waals surface area contributed by atoms with Crippen LogP contribution in [0.25, 0.3) is 0 Å². The first-order valence-corrected chi connectivity index (χ1v) is 7.04. The van der Waals surface area contributed by atoms with Gasteiger partial charge in [0.1, 0.15) is 17.4 Å². The molecule has 1 amide bonds. The van der Waals surface area contributed by atoms with Crippen LogP contribution in [-0.2, 0) is 11.3 Å². The number of halogens is 2. The molecule has 0 aliphatic carbocycles. The molecule has 0 radical (unpaired) electrons. The first-order valence-electron chi connectivity index (χ1n) is 7.04. The van der Waals surface area contributed by atoms with Crippen molar-refractivity contribution in [1.82, 2.24) is 4.90 Å². The first kappa shape index (κ1) is 16.9. The number of benzene rings is 2. The Morgan fingerprint density at radius 1 is 1.22 bits per heavy atom. The van der Waals surface area contributed by atoms with Crippen molar-refractivity contribution in [2.45, 2.75) is 6.54 Å². The summed E-state index contributed by atoms with van der Waals surface area (Å²) in [5, 5.41) is 2.37. The fraction of sp³-hybridized carbons (Fsp3) is 0.235. The van der Waals surface area contributed by atoms with Crippen LogP contribution < -0.4 is 10.1 Å². The molecule has 2 aromatic rings. The predicted octanol–water partition coefficient (Wildman–Crippen LogP) is 3.04. The summed E-state index contributed by atoms with van der Waals surface area (Å²) in [5.41, 5.74) is 0.821. The van der Waals surface area contributed by atoms with Crippen molar-refractivity contribution < 1.29 is 18.3 Å². The van der Waals surface area contributed by atoms with Crippen molar-refractivity contribution in [3.05, 3.63) is 59.7 Å². The number of hydrogen-bond donors (Lipinski definition) is 1. The summed E-state index contributed by atoms with van der Waals surface area (Å²) in [7, 11) is 3.35. The number of anilines is 1. The Bertz CT molecular complexity index is 692. The Balaban J connectivity index is 1.92. The molecule has 2 aromatic carbocycles. The van der Waals surface area contributed by atoms with E-state index in [-0.39, 0.29) is 12.2 Å². The highest BCUT2D eigenvalue weighted by atomic mass is 19.1. The molecular formula is C17H18F2N2O2. The number of nitrogens with one attached hydrogen (secondary N) is 1. The van der Waals surface area contributed by atoms with Crippen LogP contribution in [0.5, 0.6) is 5.75 Å². The van der Waals surface area contributed by atoms with Crippen LogP contribution in [0.1, 0.15) is 5.56 Å². The molecule has 0 bridgehead atoms. The van der Waals surface area contributed by atoms with Gasteiger partial charge in [-0.25, -0.2) is 8.78 Å². The van der Waals surface area contributed by atoms with Crippen LogP contribution in [0.3, 0.4) is 0 Å². The molecule has 23 heavy (non-hydrogen) atoms. The predicted molar refractivity (Wildman–Crippen MR) is 84.3 cm³/mol. The van der Waals surface area contributed by atoms with Gasteiger partial charge in [0.25, 0.3) is 0 Å². The van der Waals surface area contributed by atoms with Crippen molar-refractivity contribution >= 4 is 11.6 Å². The molecule has 1 N–H and O–H groups in total. The molecule has 122 valence electrons. The molecule has 2 rings (SSSR count). The number of methoxy groups -OCH3 is 1. The van der Waals surface area contributed by atoms with Crippen LogP contribution in [-0.4, -0.2) is 31.5 Å². The highest BCUT2D eigenvalue weighted by Crippen LogP contribution is 2.16. The molecular weight excluding hydrogens is 302 g/mol. The molecule has 0 saturated heterocycles. The largest absolute Gasteiger partial charge is 0.497 e. The number of ether oxygens (including phenoxy) is 1. The summed E-state index contributed by atoms with van der Waals surface area (Å²) < 4.78 is 31.7. The number of carbonyl (C=O) groups excluding carboxylic acids is 1. The lowest BCUT2D eigenvalue weighted by Crippen LogP contribution is -2.30. The quantitative estimate of drug-likeness (QED) is 0.889. The summed E-state index contributed by atoms with van der Waals surface area (Å²) in [6, 6.07) is 10.4. The van der Waals surface area contributed by atoms with E-state index in [4.69, 9.17) is 4.74 Å². The zero-order valence-electron chi connectivity index (χ0n) is 13.0. The second-order valence-electron chi connectivity index (χ2n) is 5.20. The summed E-state index contributed by atoms with van der Waals surface area (Å²) in [6.45, 7) is 0.573. The van der Waals surface area contributed by atoms with E-state index in [1.807, 2.05) is 24.3 Å². The molecule has 0 aromatic heterocycles. The third-order valence-electron chi connectivity index (χ3n) is 3.20. The molecule has 0 heterocycles. The average molecular weight is 320 g/mol. The van der Waals surface area contributed by atoms with Crippen molar-refractivity contribution in [2.24, 2.45) is 0 Å². The highest BCUT2D eigenvalue weighted by molar-refractivity contribution is 5.92. The van der Waals surface area contributed by atoms with Crippen LogP contribution in [0.4, 0.5) is 14.5 Å². The van der Waals surface area contributed by atoms with Crippen molar-refractivity contribution in [3.63, 3.8) is 0 Å². The summed E-state index contributed by atoms with van der Waals surface area (Å²) in [4.78, 5) is 13.7. The van der Waals surface area contributed by atoms with Gasteiger partial charge in [-0.2, -0.15) is 0 Å². The number of carbonyl (C=O) groups is 1. The number of amides is 1. The van der Waals surface area contributed by atoms with E-state index >= 15 is 0 Å². The van der Waals surface area contributed by atoms with Crippen LogP contribution in [0.15, 0.2) is 42.5 Å². The topological polar surface area (TPSA) is 41.6 Å². The van der Waals surface area contributed by atoms with Crippen molar-refractivity contribution in [2.75, 3.05) is 26.0 Å². The van der Waals surface area contributed by atoms with Crippen LogP contribution in [0, 0.1) is 11.6 Å². The Hall–Kier alpha value is -2.47. The van der Waals surface area contributed by atoms with E-state index in [9.17, 15) is 13.6 Å². The minimum absolute atomic E-state index is 0.0488. The van der Waals surface area contributed by atoms with Crippen LogP contribution in [0.2, 0.25) is 0 Å². The molecule has 0 spiro atoms. The monoisotopic (exact) mass is 320 g/mol. The molecule has 0 aliphatic heterocycles. The van der Waals surface area contributed by atoms with E-state index in [1.165, 1.54) is 0 Å². The maximum Gasteiger partial charge on any atom is 0.238 e. The van der Waals surface area contributed by atoms with Crippen molar-refractivity contribution in [1.29, 1.82) is 0 Å². The highest BCUT2D eigenvalue weighted by Gasteiger charge is 2.11. The van der Waals surface area contributed by atoms with Gasteiger partial charge in [-0.3, -0.25) is 9.69 Å². The van der Waals surface area contributed by atoms with E-state index in [1.54, 1.807) is 19.1 Å². The van der Waals surface area contributed by atoms with E-state index in [0.717, 1.165) is 29.5 Å². The molecule has 0 unspecified atom stereocenters. The zero-order chi connectivity index (χ0) is 16.8. The lowest BCUT2D eigenvalue weighted by Gasteiger charge is -2.17. The van der Waals surface area contributed by atoms with Gasteiger partial charge in [0, 0.05) is 12.6 Å². The molecule has 0 fully saturated rings. The van der Waals surface area contributed by atoms with E-state index < -0.39 is 17.5 Å². The third-order valence-corrected chi connectivity index (χ3v) is 3.20. The Kier molecular flexibility index (Phi) is 5.65. The van der Waals surface area contributed by atoms with E-state index in [0.29, 0.717) is 6.54 Å². The molecule has 6 heteroatoms. The first-order chi connectivity index (χ1) is 11.0. The molecule has 0 atom stereocenters.